The Balaban J connectivity index is -0.000000299. The smallest absolute Gasteiger partial charge is 0.0809 e. The van der Waals surface area contributed by atoms with Crippen molar-refractivity contribution in [2.45, 2.75) is 13.8 Å². The summed E-state index contributed by atoms with van der Waals surface area (Å²) in [6, 6.07) is 29.3. The summed E-state index contributed by atoms with van der Waals surface area (Å²) in [5.41, 5.74) is 0. The molecule has 26 heavy (non-hydrogen) atoms. The molecule has 0 nitrogen and oxygen atoms in total. The SMILES string of the molecule is [CH2-]C.[CH2-]C.[CH3-].[CH3-].[Si]=[Zr].c1ccc2[cH-]ccc2c1.c1ccc2[cH-]ccc2c1. The van der Waals surface area contributed by atoms with Gasteiger partial charge in [0.2, 0.25) is 0 Å². The molecule has 4 aromatic carbocycles. The third-order valence-corrected chi connectivity index (χ3v) is 3.10. The Morgan fingerprint density at radius 2 is 0.923 bits per heavy atom. The van der Waals surface area contributed by atoms with Crippen LogP contribution < -0.4 is 0 Å². The summed E-state index contributed by atoms with van der Waals surface area (Å²) >= 11 is 1.36. The first-order chi connectivity index (χ1) is 11.9. The average molecular weight is 438 g/mol. The van der Waals surface area contributed by atoms with Crippen LogP contribution in [-0.4, -0.2) is 6.88 Å². The van der Waals surface area contributed by atoms with E-state index < -0.39 is 0 Å². The zero-order valence-corrected chi connectivity index (χ0v) is 20.0. The second-order valence-corrected chi connectivity index (χ2v) is 4.31. The van der Waals surface area contributed by atoms with Gasteiger partial charge >= 0.3 is 30.2 Å². The molecule has 0 aromatic heterocycles. The van der Waals surface area contributed by atoms with Crippen molar-refractivity contribution in [3.63, 3.8) is 0 Å². The van der Waals surface area contributed by atoms with Gasteiger partial charge in [-0.25, -0.2) is 0 Å². The predicted molar refractivity (Wildman–Crippen MR) is 120 cm³/mol. The fourth-order valence-corrected chi connectivity index (χ4v) is 2.14. The summed E-state index contributed by atoms with van der Waals surface area (Å²) in [5, 5.41) is 5.32. The van der Waals surface area contributed by atoms with Crippen molar-refractivity contribution in [1.29, 1.82) is 0 Å². The molecule has 0 aliphatic heterocycles. The quantitative estimate of drug-likeness (QED) is 0.200. The molecular weight excluding hydrogens is 408 g/mol. The van der Waals surface area contributed by atoms with E-state index in [0.29, 0.717) is 0 Å². The van der Waals surface area contributed by atoms with Gasteiger partial charge in [0.1, 0.15) is 0 Å². The molecule has 140 valence electrons. The minimum absolute atomic E-state index is 0. The van der Waals surface area contributed by atoms with Crippen LogP contribution in [-0.2, 0) is 23.3 Å². The maximum absolute atomic E-state index is 3.25. The molecule has 0 aliphatic carbocycles. The van der Waals surface area contributed by atoms with Crippen LogP contribution in [0.15, 0.2) is 84.9 Å². The molecule has 0 amide bonds. The van der Waals surface area contributed by atoms with E-state index in [-0.39, 0.29) is 14.9 Å². The van der Waals surface area contributed by atoms with Crippen molar-refractivity contribution in [1.82, 2.24) is 0 Å². The third kappa shape index (κ3) is 10.0. The molecule has 2 heteroatoms. The van der Waals surface area contributed by atoms with Crippen molar-refractivity contribution in [3.05, 3.63) is 114 Å². The fraction of sp³-hybridized carbons (Fsp3) is 0.0833. The molecule has 0 saturated heterocycles. The van der Waals surface area contributed by atoms with Crippen molar-refractivity contribution in [2.24, 2.45) is 0 Å². The summed E-state index contributed by atoms with van der Waals surface area (Å²) in [6.07, 6.45) is 0. The van der Waals surface area contributed by atoms with E-state index in [4.69, 9.17) is 0 Å². The number of fused-ring (bicyclic) bond motifs is 2. The molecule has 4 aromatic rings. The van der Waals surface area contributed by atoms with Crippen LogP contribution >= 0.6 is 0 Å². The van der Waals surface area contributed by atoms with Crippen LogP contribution in [0.25, 0.3) is 21.5 Å². The molecule has 0 spiro atoms. The largest absolute Gasteiger partial charge is 0.168 e. The van der Waals surface area contributed by atoms with Crippen molar-refractivity contribution in [3.8, 4) is 0 Å². The van der Waals surface area contributed by atoms with Crippen molar-refractivity contribution < 1.29 is 23.3 Å². The molecule has 0 unspecified atom stereocenters. The van der Waals surface area contributed by atoms with Crippen molar-refractivity contribution in [2.75, 3.05) is 0 Å². The summed E-state index contributed by atoms with van der Waals surface area (Å²) in [4.78, 5) is 0. The Bertz CT molecular complexity index is 641. The topological polar surface area (TPSA) is 0 Å². The van der Waals surface area contributed by atoms with Gasteiger partial charge in [-0.3, -0.25) is 0 Å². The molecule has 4 rings (SSSR count). The number of rotatable bonds is 0. The molecule has 0 heterocycles. The molecule has 0 bridgehead atoms. The number of hydrogen-bond donors (Lipinski definition) is 0. The molecule has 0 saturated carbocycles. The van der Waals surface area contributed by atoms with Crippen LogP contribution in [0.4, 0.5) is 0 Å². The summed E-state index contributed by atoms with van der Waals surface area (Å²) < 4.78 is 0. The van der Waals surface area contributed by atoms with E-state index in [1.165, 1.54) is 44.9 Å². The van der Waals surface area contributed by atoms with Gasteiger partial charge < -0.3 is 28.7 Å². The van der Waals surface area contributed by atoms with Gasteiger partial charge in [0.15, 0.2) is 0 Å². The van der Waals surface area contributed by atoms with Crippen LogP contribution in [0.5, 0.6) is 0 Å². The predicted octanol–water partition coefficient (Wildman–Crippen LogP) is 7.32. The zero-order chi connectivity index (χ0) is 18.2. The Kier molecular flexibility index (Phi) is 22.8. The first kappa shape index (κ1) is 29.5. The fourth-order valence-electron chi connectivity index (χ4n) is 2.14. The van der Waals surface area contributed by atoms with E-state index in [9.17, 15) is 0 Å². The Morgan fingerprint density at radius 1 is 0.615 bits per heavy atom. The van der Waals surface area contributed by atoms with Crippen molar-refractivity contribution >= 4 is 28.4 Å². The first-order valence-electron chi connectivity index (χ1n) is 7.81. The second kappa shape index (κ2) is 20.1. The van der Waals surface area contributed by atoms with E-state index in [1.54, 1.807) is 13.8 Å². The maximum Gasteiger partial charge on any atom is -0.0809 e. The molecule has 0 N–H and O–H groups in total. The van der Waals surface area contributed by atoms with E-state index >= 15 is 0 Å². The zero-order valence-electron chi connectivity index (χ0n) is 16.5. The summed E-state index contributed by atoms with van der Waals surface area (Å²) in [7, 11) is 0. The normalized spacial score (nSPS) is 7.65. The first-order valence-corrected chi connectivity index (χ1v) is 12.0. The molecule has 0 fully saturated rings. The van der Waals surface area contributed by atoms with Crippen LogP contribution in [0.2, 0.25) is 0 Å². The van der Waals surface area contributed by atoms with Crippen LogP contribution in [0, 0.1) is 28.7 Å². The van der Waals surface area contributed by atoms with Gasteiger partial charge in [-0.2, -0.15) is 48.9 Å². The van der Waals surface area contributed by atoms with E-state index in [2.05, 4.69) is 106 Å². The Labute approximate surface area is 178 Å². The molecule has 0 aliphatic rings. The molecule has 2 radical (unpaired) electrons. The second-order valence-electron chi connectivity index (χ2n) is 4.31. The minimum Gasteiger partial charge on any atom is -0.168 e. The Hall–Kier alpha value is -1.24. The Morgan fingerprint density at radius 3 is 1.23 bits per heavy atom. The van der Waals surface area contributed by atoms with E-state index in [0.717, 1.165) is 0 Å². The average Bonchev–Trinajstić information content (AvgIpc) is 3.36. The number of hydrogen-bond acceptors (Lipinski definition) is 0. The summed E-state index contributed by atoms with van der Waals surface area (Å²) in [5.74, 6) is 0. The van der Waals surface area contributed by atoms with Gasteiger partial charge in [-0.1, -0.05) is 12.1 Å². The monoisotopic (exact) mass is 436 g/mol. The maximum atomic E-state index is 3.25. The third-order valence-electron chi connectivity index (χ3n) is 3.10. The van der Waals surface area contributed by atoms with Gasteiger partial charge in [0.05, 0.1) is 0 Å². The summed E-state index contributed by atoms with van der Waals surface area (Å²) in [6.45, 7) is 13.1. The van der Waals surface area contributed by atoms with E-state index in [1.807, 2.05) is 0 Å². The van der Waals surface area contributed by atoms with Gasteiger partial charge in [-0.05, 0) is 0 Å². The number of benzene rings is 2. The molecule has 0 atom stereocenters. The van der Waals surface area contributed by atoms with Crippen LogP contribution in [0.1, 0.15) is 13.8 Å². The molecular formula is C24H30SiZr-6. The van der Waals surface area contributed by atoms with Gasteiger partial charge in [0, 0.05) is 0 Å². The van der Waals surface area contributed by atoms with Crippen LogP contribution in [0.3, 0.4) is 0 Å². The van der Waals surface area contributed by atoms with Gasteiger partial charge in [0.25, 0.3) is 0 Å². The minimum atomic E-state index is 0. The standard InChI is InChI=1S/2C9H7.2C2H5.2CH3.Si.Zr/c2*1-2-5-9-7-3-6-8(9)4-1;2*1-2;;;;/h2*1-7H;2*1H2,2H3;2*1H3;;/q6*-1;;. The van der Waals surface area contributed by atoms with Gasteiger partial charge in [-0.15, -0.1) is 59.3 Å².